The molecular formula is C25H33N3O3. The Morgan fingerprint density at radius 1 is 1.13 bits per heavy atom. The predicted molar refractivity (Wildman–Crippen MR) is 121 cm³/mol. The largest absolute Gasteiger partial charge is 0.497 e. The molecule has 1 saturated carbocycles. The first kappa shape index (κ1) is 21.6. The molecule has 1 aliphatic carbocycles. The van der Waals surface area contributed by atoms with Crippen LogP contribution < -0.4 is 14.8 Å². The maximum Gasteiger partial charge on any atom is 0.255 e. The van der Waals surface area contributed by atoms with Crippen molar-refractivity contribution in [3.8, 4) is 11.5 Å². The third-order valence-corrected chi connectivity index (χ3v) is 6.44. The number of nitrogens with zero attached hydrogens (tertiary/aromatic N) is 2. The lowest BCUT2D eigenvalue weighted by molar-refractivity contribution is 0.0750. The second kappa shape index (κ2) is 10.6. The summed E-state index contributed by atoms with van der Waals surface area (Å²) in [6, 6.07) is 12.0. The van der Waals surface area contributed by atoms with Crippen LogP contribution in [0, 0.1) is 0 Å². The molecule has 0 radical (unpaired) electrons. The number of hydrogen-bond donors (Lipinski definition) is 1. The summed E-state index contributed by atoms with van der Waals surface area (Å²) in [5, 5.41) is 3.00. The van der Waals surface area contributed by atoms with Gasteiger partial charge in [0.2, 0.25) is 0 Å². The molecule has 1 aromatic carbocycles. The van der Waals surface area contributed by atoms with E-state index in [1.54, 1.807) is 19.4 Å². The van der Waals surface area contributed by atoms with Crippen LogP contribution in [0.1, 0.15) is 54.6 Å². The van der Waals surface area contributed by atoms with Gasteiger partial charge in [-0.2, -0.15) is 0 Å². The number of ether oxygens (including phenoxy) is 2. The monoisotopic (exact) mass is 423 g/mol. The first-order valence-electron chi connectivity index (χ1n) is 11.5. The summed E-state index contributed by atoms with van der Waals surface area (Å²) in [4.78, 5) is 19.9. The van der Waals surface area contributed by atoms with Crippen LogP contribution >= 0.6 is 0 Å². The average molecular weight is 424 g/mol. The van der Waals surface area contributed by atoms with E-state index >= 15 is 0 Å². The number of aromatic nitrogens is 1. The van der Waals surface area contributed by atoms with Crippen LogP contribution in [0.15, 0.2) is 42.6 Å². The van der Waals surface area contributed by atoms with E-state index in [1.807, 2.05) is 30.3 Å². The molecule has 0 bridgehead atoms. The van der Waals surface area contributed by atoms with Crippen molar-refractivity contribution in [1.29, 1.82) is 0 Å². The van der Waals surface area contributed by atoms with E-state index in [-0.39, 0.29) is 12.0 Å². The van der Waals surface area contributed by atoms with Gasteiger partial charge < -0.3 is 19.7 Å². The molecule has 2 aliphatic rings. The van der Waals surface area contributed by atoms with Crippen molar-refractivity contribution >= 4 is 5.91 Å². The molecular weight excluding hydrogens is 390 g/mol. The second-order valence-corrected chi connectivity index (χ2v) is 8.48. The van der Waals surface area contributed by atoms with Crippen LogP contribution in [0.3, 0.4) is 0 Å². The molecule has 6 nitrogen and oxygen atoms in total. The Bertz CT molecular complexity index is 844. The molecule has 1 N–H and O–H groups in total. The number of methoxy groups -OCH3 is 1. The second-order valence-electron chi connectivity index (χ2n) is 8.48. The van der Waals surface area contributed by atoms with Gasteiger partial charge in [0.05, 0.1) is 12.7 Å². The number of carbonyl (C=O) groups is 1. The number of piperidine rings is 1. The molecule has 1 amide bonds. The van der Waals surface area contributed by atoms with Gasteiger partial charge in [-0.1, -0.05) is 18.9 Å². The van der Waals surface area contributed by atoms with E-state index in [1.165, 1.54) is 25.7 Å². The first-order valence-corrected chi connectivity index (χ1v) is 11.5. The van der Waals surface area contributed by atoms with Crippen LogP contribution in [0.25, 0.3) is 0 Å². The molecule has 0 atom stereocenters. The minimum Gasteiger partial charge on any atom is -0.497 e. The lowest BCUT2D eigenvalue weighted by Gasteiger charge is -2.36. The maximum absolute atomic E-state index is 12.9. The van der Waals surface area contributed by atoms with Crippen LogP contribution in [0.4, 0.5) is 0 Å². The third kappa shape index (κ3) is 5.76. The Morgan fingerprint density at radius 2 is 1.94 bits per heavy atom. The lowest BCUT2D eigenvalue weighted by Crippen LogP contribution is -2.43. The topological polar surface area (TPSA) is 63.7 Å². The van der Waals surface area contributed by atoms with Crippen molar-refractivity contribution in [3.05, 3.63) is 53.9 Å². The summed E-state index contributed by atoms with van der Waals surface area (Å²) < 4.78 is 11.7. The molecule has 166 valence electrons. The standard InChI is InChI=1S/C25H33N3O3/c1-30-22-9-10-24(31-21-12-16-28(17-13-21)20-7-2-3-8-20)23(18-22)25(29)27-15-11-19-6-4-5-14-26-19/h4-6,9-10,14,18,20-21H,2-3,7-8,11-13,15-17H2,1H3,(H,27,29). The molecule has 1 aliphatic heterocycles. The van der Waals surface area contributed by atoms with Crippen LogP contribution in [0.5, 0.6) is 11.5 Å². The number of benzene rings is 1. The zero-order chi connectivity index (χ0) is 21.5. The summed E-state index contributed by atoms with van der Waals surface area (Å²) in [6.07, 6.45) is 10.0. The summed E-state index contributed by atoms with van der Waals surface area (Å²) in [6.45, 7) is 2.68. The number of carbonyl (C=O) groups excluding carboxylic acids is 1. The van der Waals surface area contributed by atoms with Gasteiger partial charge in [0, 0.05) is 44.0 Å². The molecule has 1 saturated heterocycles. The molecule has 1 aromatic heterocycles. The van der Waals surface area contributed by atoms with Crippen molar-refractivity contribution in [2.24, 2.45) is 0 Å². The Morgan fingerprint density at radius 3 is 2.65 bits per heavy atom. The minimum absolute atomic E-state index is 0.145. The van der Waals surface area contributed by atoms with Crippen molar-refractivity contribution < 1.29 is 14.3 Å². The smallest absolute Gasteiger partial charge is 0.255 e. The molecule has 4 rings (SSSR count). The van der Waals surface area contributed by atoms with E-state index in [0.29, 0.717) is 30.0 Å². The number of hydrogen-bond acceptors (Lipinski definition) is 5. The van der Waals surface area contributed by atoms with Crippen LogP contribution in [-0.2, 0) is 6.42 Å². The molecule has 2 heterocycles. The highest BCUT2D eigenvalue weighted by atomic mass is 16.5. The van der Waals surface area contributed by atoms with Crippen molar-refractivity contribution in [2.75, 3.05) is 26.7 Å². The van der Waals surface area contributed by atoms with Gasteiger partial charge in [0.25, 0.3) is 5.91 Å². The van der Waals surface area contributed by atoms with Gasteiger partial charge in [-0.3, -0.25) is 9.78 Å². The van der Waals surface area contributed by atoms with E-state index in [4.69, 9.17) is 9.47 Å². The summed E-state index contributed by atoms with van der Waals surface area (Å²) in [7, 11) is 1.61. The predicted octanol–water partition coefficient (Wildman–Crippen LogP) is 3.85. The first-order chi connectivity index (χ1) is 15.2. The molecule has 2 aromatic rings. The Hall–Kier alpha value is -2.60. The highest BCUT2D eigenvalue weighted by molar-refractivity contribution is 5.97. The van der Waals surface area contributed by atoms with E-state index in [0.717, 1.165) is 37.7 Å². The zero-order valence-electron chi connectivity index (χ0n) is 18.4. The van der Waals surface area contributed by atoms with Gasteiger partial charge >= 0.3 is 0 Å². The van der Waals surface area contributed by atoms with Gasteiger partial charge in [-0.15, -0.1) is 0 Å². The zero-order valence-corrected chi connectivity index (χ0v) is 18.4. The quantitative estimate of drug-likeness (QED) is 0.699. The number of nitrogens with one attached hydrogen (secondary N) is 1. The Balaban J connectivity index is 1.35. The maximum atomic E-state index is 12.9. The van der Waals surface area contributed by atoms with Gasteiger partial charge in [-0.25, -0.2) is 0 Å². The molecule has 0 spiro atoms. The van der Waals surface area contributed by atoms with E-state index in [9.17, 15) is 4.79 Å². The molecule has 2 fully saturated rings. The van der Waals surface area contributed by atoms with Crippen LogP contribution in [0.2, 0.25) is 0 Å². The molecule has 31 heavy (non-hydrogen) atoms. The SMILES string of the molecule is COc1ccc(OC2CCN(C3CCCC3)CC2)c(C(=O)NCCc2ccccn2)c1. The van der Waals surface area contributed by atoms with Gasteiger partial charge in [-0.05, 0) is 56.0 Å². The lowest BCUT2D eigenvalue weighted by atomic mass is 10.0. The van der Waals surface area contributed by atoms with Crippen molar-refractivity contribution in [3.63, 3.8) is 0 Å². The van der Waals surface area contributed by atoms with Gasteiger partial charge in [0.1, 0.15) is 17.6 Å². The molecule has 6 heteroatoms. The summed E-state index contributed by atoms with van der Waals surface area (Å²) in [5.41, 5.74) is 1.48. The third-order valence-electron chi connectivity index (χ3n) is 6.44. The van der Waals surface area contributed by atoms with E-state index in [2.05, 4.69) is 15.2 Å². The number of likely N-dealkylation sites (tertiary alicyclic amines) is 1. The molecule has 0 unspecified atom stereocenters. The van der Waals surface area contributed by atoms with Crippen molar-refractivity contribution in [1.82, 2.24) is 15.2 Å². The summed E-state index contributed by atoms with van der Waals surface area (Å²) >= 11 is 0. The fourth-order valence-corrected chi connectivity index (χ4v) is 4.67. The Kier molecular flexibility index (Phi) is 7.41. The normalized spacial score (nSPS) is 18.1. The van der Waals surface area contributed by atoms with Crippen molar-refractivity contribution in [2.45, 2.75) is 57.1 Å². The van der Waals surface area contributed by atoms with Gasteiger partial charge in [0.15, 0.2) is 0 Å². The van der Waals surface area contributed by atoms with E-state index < -0.39 is 0 Å². The Labute approximate surface area is 185 Å². The summed E-state index contributed by atoms with van der Waals surface area (Å²) in [5.74, 6) is 1.14. The average Bonchev–Trinajstić information content (AvgIpc) is 3.35. The fourth-order valence-electron chi connectivity index (χ4n) is 4.67. The fraction of sp³-hybridized carbons (Fsp3) is 0.520. The number of pyridine rings is 1. The highest BCUT2D eigenvalue weighted by Gasteiger charge is 2.28. The van der Waals surface area contributed by atoms with Crippen LogP contribution in [-0.4, -0.2) is 54.7 Å². The highest BCUT2D eigenvalue weighted by Crippen LogP contribution is 2.30. The number of amides is 1. The minimum atomic E-state index is -0.145. The number of rotatable bonds is 8.